The Morgan fingerprint density at radius 3 is 2.50 bits per heavy atom. The fraction of sp³-hybridized carbons (Fsp3) is 0.111. The summed E-state index contributed by atoms with van der Waals surface area (Å²) < 4.78 is 2.27. The summed E-state index contributed by atoms with van der Waals surface area (Å²) in [5, 5.41) is 4.04. The summed E-state index contributed by atoms with van der Waals surface area (Å²) in [5.74, 6) is 0.588. The highest BCUT2D eigenvalue weighted by molar-refractivity contribution is 9.10. The van der Waals surface area contributed by atoms with E-state index in [0.29, 0.717) is 5.82 Å². The van der Waals surface area contributed by atoms with Gasteiger partial charge in [-0.15, -0.1) is 0 Å². The number of nitrogens with one attached hydrogen (secondary N) is 1. The third-order valence-corrected chi connectivity index (χ3v) is 2.42. The van der Waals surface area contributed by atoms with Crippen molar-refractivity contribution in [3.05, 3.63) is 39.2 Å². The highest BCUT2D eigenvalue weighted by Crippen LogP contribution is 2.16. The number of aromatic nitrogens is 3. The zero-order chi connectivity index (χ0) is 10.1. The number of benzene rings is 1. The first-order chi connectivity index (χ1) is 6.66. The summed E-state index contributed by atoms with van der Waals surface area (Å²) in [6.07, 6.45) is 0. The Morgan fingerprint density at radius 2 is 2.00 bits per heavy atom. The molecule has 0 aliphatic rings. The van der Waals surface area contributed by atoms with Gasteiger partial charge < -0.3 is 0 Å². The monoisotopic (exact) mass is 253 g/mol. The highest BCUT2D eigenvalue weighted by Gasteiger charge is 2.03. The van der Waals surface area contributed by atoms with Gasteiger partial charge in [-0.05, 0) is 12.1 Å². The molecule has 14 heavy (non-hydrogen) atoms. The largest absolute Gasteiger partial charge is 0.343 e. The fourth-order valence-electron chi connectivity index (χ4n) is 1.14. The Kier molecular flexibility index (Phi) is 2.25. The topological polar surface area (TPSA) is 50.7 Å². The summed E-state index contributed by atoms with van der Waals surface area (Å²) in [6.45, 7) is 0. The summed E-state index contributed by atoms with van der Waals surface area (Å²) >= 11 is 3.34. The molecular formula is C9H8BrN3O. The van der Waals surface area contributed by atoms with Crippen LogP contribution in [0.1, 0.15) is 0 Å². The zero-order valence-electron chi connectivity index (χ0n) is 7.49. The van der Waals surface area contributed by atoms with Crippen LogP contribution in [0.5, 0.6) is 0 Å². The molecule has 0 fully saturated rings. The Labute approximate surface area is 88.7 Å². The Balaban J connectivity index is 2.49. The summed E-state index contributed by atoms with van der Waals surface area (Å²) in [7, 11) is 1.61. The number of H-pyrrole nitrogens is 1. The molecule has 0 amide bonds. The Hall–Kier alpha value is -1.36. The molecular weight excluding hydrogens is 246 g/mol. The SMILES string of the molecule is Cn1nc(-c2ccc(Br)cc2)[nH]c1=O. The van der Waals surface area contributed by atoms with E-state index in [4.69, 9.17) is 0 Å². The lowest BCUT2D eigenvalue weighted by Crippen LogP contribution is -2.13. The minimum atomic E-state index is -0.206. The van der Waals surface area contributed by atoms with Crippen LogP contribution in [0.4, 0.5) is 0 Å². The fourth-order valence-corrected chi connectivity index (χ4v) is 1.40. The van der Waals surface area contributed by atoms with Crippen LogP contribution in [0, 0.1) is 0 Å². The molecule has 5 heteroatoms. The molecule has 2 rings (SSSR count). The van der Waals surface area contributed by atoms with Gasteiger partial charge in [0.05, 0.1) is 0 Å². The van der Waals surface area contributed by atoms with Gasteiger partial charge in [-0.3, -0.25) is 4.98 Å². The summed E-state index contributed by atoms with van der Waals surface area (Å²) in [5.41, 5.74) is 0.689. The number of aromatic amines is 1. The lowest BCUT2D eigenvalue weighted by Gasteiger charge is -1.94. The van der Waals surface area contributed by atoms with Crippen LogP contribution >= 0.6 is 15.9 Å². The Morgan fingerprint density at radius 1 is 1.36 bits per heavy atom. The molecule has 72 valence electrons. The molecule has 4 nitrogen and oxygen atoms in total. The van der Waals surface area contributed by atoms with Gasteiger partial charge >= 0.3 is 5.69 Å². The van der Waals surface area contributed by atoms with E-state index in [1.54, 1.807) is 7.05 Å². The van der Waals surface area contributed by atoms with Crippen LogP contribution in [0.25, 0.3) is 11.4 Å². The number of hydrogen-bond donors (Lipinski definition) is 1. The molecule has 2 aromatic rings. The molecule has 1 aromatic heterocycles. The van der Waals surface area contributed by atoms with E-state index < -0.39 is 0 Å². The molecule has 0 aliphatic heterocycles. The molecule has 0 spiro atoms. The van der Waals surface area contributed by atoms with E-state index in [-0.39, 0.29) is 5.69 Å². The van der Waals surface area contributed by atoms with Crippen molar-refractivity contribution in [1.82, 2.24) is 14.8 Å². The molecule has 0 atom stereocenters. The number of nitrogens with zero attached hydrogens (tertiary/aromatic N) is 2. The van der Waals surface area contributed by atoms with Crippen LogP contribution in [-0.4, -0.2) is 14.8 Å². The second kappa shape index (κ2) is 3.42. The van der Waals surface area contributed by atoms with E-state index in [1.807, 2.05) is 24.3 Å². The first-order valence-electron chi connectivity index (χ1n) is 4.06. The maximum atomic E-state index is 11.1. The van der Waals surface area contributed by atoms with E-state index in [0.717, 1.165) is 10.0 Å². The quantitative estimate of drug-likeness (QED) is 0.839. The van der Waals surface area contributed by atoms with Crippen molar-refractivity contribution in [2.24, 2.45) is 7.05 Å². The van der Waals surface area contributed by atoms with Gasteiger partial charge in [-0.1, -0.05) is 28.1 Å². The van der Waals surface area contributed by atoms with Crippen molar-refractivity contribution in [3.8, 4) is 11.4 Å². The first kappa shape index (κ1) is 9.21. The van der Waals surface area contributed by atoms with Gasteiger partial charge in [0.25, 0.3) is 0 Å². The Bertz CT molecular complexity index is 498. The smallest absolute Gasteiger partial charge is 0.289 e. The molecule has 0 unspecified atom stereocenters. The van der Waals surface area contributed by atoms with Gasteiger partial charge in [-0.2, -0.15) is 5.10 Å². The average Bonchev–Trinajstić information content (AvgIpc) is 2.48. The lowest BCUT2D eigenvalue weighted by molar-refractivity contribution is 0.736. The van der Waals surface area contributed by atoms with Crippen molar-refractivity contribution in [2.45, 2.75) is 0 Å². The zero-order valence-corrected chi connectivity index (χ0v) is 9.08. The van der Waals surface area contributed by atoms with Gasteiger partial charge in [0.2, 0.25) is 0 Å². The number of hydrogen-bond acceptors (Lipinski definition) is 2. The molecule has 1 heterocycles. The number of halogens is 1. The van der Waals surface area contributed by atoms with E-state index in [9.17, 15) is 4.79 Å². The van der Waals surface area contributed by atoms with Crippen LogP contribution < -0.4 is 5.69 Å². The lowest BCUT2D eigenvalue weighted by atomic mass is 10.2. The van der Waals surface area contributed by atoms with Crippen molar-refractivity contribution in [3.63, 3.8) is 0 Å². The predicted octanol–water partition coefficient (Wildman–Crippen LogP) is 1.54. The minimum absolute atomic E-state index is 0.206. The van der Waals surface area contributed by atoms with Gasteiger partial charge in [0.15, 0.2) is 5.82 Å². The molecule has 1 N–H and O–H groups in total. The molecule has 0 radical (unpaired) electrons. The summed E-state index contributed by atoms with van der Waals surface area (Å²) in [6, 6.07) is 7.59. The van der Waals surface area contributed by atoms with E-state index in [1.165, 1.54) is 4.68 Å². The van der Waals surface area contributed by atoms with Gasteiger partial charge in [0, 0.05) is 17.1 Å². The van der Waals surface area contributed by atoms with Crippen molar-refractivity contribution in [2.75, 3.05) is 0 Å². The van der Waals surface area contributed by atoms with Crippen LogP contribution in [0.15, 0.2) is 33.5 Å². The maximum Gasteiger partial charge on any atom is 0.343 e. The van der Waals surface area contributed by atoms with Gasteiger partial charge in [-0.25, -0.2) is 9.48 Å². The number of rotatable bonds is 1. The van der Waals surface area contributed by atoms with E-state index >= 15 is 0 Å². The van der Waals surface area contributed by atoms with Crippen molar-refractivity contribution >= 4 is 15.9 Å². The normalized spacial score (nSPS) is 10.4. The minimum Gasteiger partial charge on any atom is -0.289 e. The molecule has 1 aromatic carbocycles. The molecule has 0 aliphatic carbocycles. The standard InChI is InChI=1S/C9H8BrN3O/c1-13-9(14)11-8(12-13)6-2-4-7(10)5-3-6/h2-5H,1H3,(H,11,12,14). The van der Waals surface area contributed by atoms with Crippen LogP contribution in [0.2, 0.25) is 0 Å². The van der Waals surface area contributed by atoms with Crippen molar-refractivity contribution < 1.29 is 0 Å². The third-order valence-electron chi connectivity index (χ3n) is 1.89. The second-order valence-corrected chi connectivity index (χ2v) is 3.82. The molecule has 0 saturated heterocycles. The van der Waals surface area contributed by atoms with Crippen LogP contribution in [0.3, 0.4) is 0 Å². The van der Waals surface area contributed by atoms with Gasteiger partial charge in [0.1, 0.15) is 0 Å². The average molecular weight is 254 g/mol. The predicted molar refractivity (Wildman–Crippen MR) is 57.0 cm³/mol. The first-order valence-corrected chi connectivity index (χ1v) is 4.85. The number of aryl methyl sites for hydroxylation is 1. The highest BCUT2D eigenvalue weighted by atomic mass is 79.9. The molecule has 0 saturated carbocycles. The second-order valence-electron chi connectivity index (χ2n) is 2.91. The third kappa shape index (κ3) is 1.63. The van der Waals surface area contributed by atoms with E-state index in [2.05, 4.69) is 26.0 Å². The summed E-state index contributed by atoms with van der Waals surface area (Å²) in [4.78, 5) is 13.8. The molecule has 0 bridgehead atoms. The van der Waals surface area contributed by atoms with Crippen LogP contribution in [-0.2, 0) is 7.05 Å². The van der Waals surface area contributed by atoms with Crippen molar-refractivity contribution in [1.29, 1.82) is 0 Å². The maximum absolute atomic E-state index is 11.1.